The zero-order valence-corrected chi connectivity index (χ0v) is 9.30. The van der Waals surface area contributed by atoms with Crippen LogP contribution in [-0.2, 0) is 0 Å². The van der Waals surface area contributed by atoms with Crippen LogP contribution >= 0.6 is 23.2 Å². The first kappa shape index (κ1) is 11.9. The molecule has 0 saturated heterocycles. The van der Waals surface area contributed by atoms with Gasteiger partial charge < -0.3 is 0 Å². The number of nitro benzene ring substituents is 1. The molecule has 1 aromatic rings. The second kappa shape index (κ2) is 4.59. The van der Waals surface area contributed by atoms with Gasteiger partial charge in [-0.25, -0.2) is 0 Å². The number of rotatable bonds is 3. The van der Waals surface area contributed by atoms with Crippen molar-refractivity contribution in [2.75, 3.05) is 5.88 Å². The third-order valence-electron chi connectivity index (χ3n) is 1.97. The number of carbonyl (C=O) groups is 1. The summed E-state index contributed by atoms with van der Waals surface area (Å²) in [5.41, 5.74) is 0.00248. The summed E-state index contributed by atoms with van der Waals surface area (Å²) in [4.78, 5) is 21.5. The lowest BCUT2D eigenvalue weighted by Crippen LogP contribution is -2.06. The fourth-order valence-electron chi connectivity index (χ4n) is 1.21. The maximum atomic E-state index is 11.3. The van der Waals surface area contributed by atoms with E-state index in [4.69, 9.17) is 23.2 Å². The second-order valence-corrected chi connectivity index (χ2v) is 3.56. The molecule has 15 heavy (non-hydrogen) atoms. The quantitative estimate of drug-likeness (QED) is 0.357. The number of nitro groups is 1. The predicted molar refractivity (Wildman–Crippen MR) is 57.9 cm³/mol. The molecule has 0 bridgehead atoms. The minimum Gasteiger partial charge on any atom is -0.293 e. The average Bonchev–Trinajstić information content (AvgIpc) is 2.20. The molecular formula is C9H7Cl2NO3. The van der Waals surface area contributed by atoms with Gasteiger partial charge in [-0.15, -0.1) is 11.6 Å². The molecule has 0 aliphatic rings. The molecule has 0 unspecified atom stereocenters. The Balaban J connectivity index is 3.46. The number of Topliss-reactive ketones (excluding diaryl/α,β-unsaturated/α-hetero) is 1. The summed E-state index contributed by atoms with van der Waals surface area (Å²) in [6.07, 6.45) is 0. The van der Waals surface area contributed by atoms with Crippen LogP contribution in [0.25, 0.3) is 0 Å². The van der Waals surface area contributed by atoms with Gasteiger partial charge >= 0.3 is 0 Å². The van der Waals surface area contributed by atoms with E-state index >= 15 is 0 Å². The summed E-state index contributed by atoms with van der Waals surface area (Å²) in [5.74, 6) is -0.773. The van der Waals surface area contributed by atoms with Crippen molar-refractivity contribution in [3.05, 3.63) is 38.4 Å². The van der Waals surface area contributed by atoms with Crippen molar-refractivity contribution >= 4 is 34.7 Å². The van der Waals surface area contributed by atoms with Crippen LogP contribution in [-0.4, -0.2) is 16.6 Å². The lowest BCUT2D eigenvalue weighted by molar-refractivity contribution is -0.385. The van der Waals surface area contributed by atoms with Gasteiger partial charge in [0, 0.05) is 5.56 Å². The minimum atomic E-state index is -0.624. The third-order valence-corrected chi connectivity index (χ3v) is 2.62. The van der Waals surface area contributed by atoms with E-state index in [1.54, 1.807) is 0 Å². The standard InChI is InChI=1S/C9H7Cl2NO3/c1-5-7(11)3-2-6(8(13)4-10)9(5)12(14)15/h2-3H,4H2,1H3. The number of carbonyl (C=O) groups excluding carboxylic acids is 1. The van der Waals surface area contributed by atoms with Gasteiger partial charge in [-0.3, -0.25) is 14.9 Å². The molecule has 80 valence electrons. The van der Waals surface area contributed by atoms with Crippen molar-refractivity contribution in [3.8, 4) is 0 Å². The van der Waals surface area contributed by atoms with Crippen LogP contribution in [0.5, 0.6) is 0 Å². The van der Waals surface area contributed by atoms with Gasteiger partial charge in [0.1, 0.15) is 0 Å². The van der Waals surface area contributed by atoms with Crippen molar-refractivity contribution < 1.29 is 9.72 Å². The highest BCUT2D eigenvalue weighted by atomic mass is 35.5. The summed E-state index contributed by atoms with van der Waals surface area (Å²) in [7, 11) is 0. The normalized spacial score (nSPS) is 10.1. The Morgan fingerprint density at radius 2 is 2.13 bits per heavy atom. The molecule has 0 N–H and O–H groups in total. The fourth-order valence-corrected chi connectivity index (χ4v) is 1.50. The Labute approximate surface area is 95.9 Å². The Kier molecular flexibility index (Phi) is 3.66. The van der Waals surface area contributed by atoms with E-state index in [0.717, 1.165) is 0 Å². The summed E-state index contributed by atoms with van der Waals surface area (Å²) in [6, 6.07) is 2.77. The van der Waals surface area contributed by atoms with Gasteiger partial charge in [0.25, 0.3) is 5.69 Å². The number of hydrogen-bond acceptors (Lipinski definition) is 3. The molecule has 0 radical (unpaired) electrons. The topological polar surface area (TPSA) is 60.2 Å². The Bertz CT molecular complexity index is 432. The van der Waals surface area contributed by atoms with Crippen LogP contribution in [0, 0.1) is 17.0 Å². The molecule has 0 aliphatic heterocycles. The molecule has 0 spiro atoms. The lowest BCUT2D eigenvalue weighted by atomic mass is 10.1. The Hall–Kier alpha value is -1.13. The monoisotopic (exact) mass is 247 g/mol. The van der Waals surface area contributed by atoms with Crippen molar-refractivity contribution in [3.63, 3.8) is 0 Å². The first-order valence-corrected chi connectivity index (χ1v) is 4.93. The number of ketones is 1. The highest BCUT2D eigenvalue weighted by molar-refractivity contribution is 6.33. The largest absolute Gasteiger partial charge is 0.293 e. The molecule has 0 atom stereocenters. The van der Waals surface area contributed by atoms with Crippen LogP contribution < -0.4 is 0 Å². The zero-order chi connectivity index (χ0) is 11.6. The molecule has 0 aliphatic carbocycles. The first-order valence-electron chi connectivity index (χ1n) is 4.01. The molecule has 1 aromatic carbocycles. The van der Waals surface area contributed by atoms with E-state index in [0.29, 0.717) is 0 Å². The molecule has 0 heterocycles. The number of benzene rings is 1. The highest BCUT2D eigenvalue weighted by Gasteiger charge is 2.23. The van der Waals surface area contributed by atoms with Gasteiger partial charge in [0.05, 0.1) is 21.4 Å². The van der Waals surface area contributed by atoms with Gasteiger partial charge in [-0.2, -0.15) is 0 Å². The van der Waals surface area contributed by atoms with E-state index in [1.165, 1.54) is 19.1 Å². The Morgan fingerprint density at radius 1 is 1.53 bits per heavy atom. The number of halogens is 2. The SMILES string of the molecule is Cc1c(Cl)ccc(C(=O)CCl)c1[N+](=O)[O-]. The zero-order valence-electron chi connectivity index (χ0n) is 7.79. The summed E-state index contributed by atoms with van der Waals surface area (Å²) >= 11 is 11.1. The molecule has 0 amide bonds. The van der Waals surface area contributed by atoms with E-state index in [2.05, 4.69) is 0 Å². The second-order valence-electron chi connectivity index (χ2n) is 2.88. The molecule has 0 fully saturated rings. The van der Waals surface area contributed by atoms with Gasteiger partial charge in [0.2, 0.25) is 0 Å². The molecule has 6 heteroatoms. The van der Waals surface area contributed by atoms with Crippen molar-refractivity contribution in [2.24, 2.45) is 0 Å². The molecule has 0 saturated carbocycles. The van der Waals surface area contributed by atoms with Crippen molar-refractivity contribution in [1.29, 1.82) is 0 Å². The summed E-state index contributed by atoms with van der Waals surface area (Å²) in [6.45, 7) is 1.49. The third kappa shape index (κ3) is 2.27. The molecule has 0 aromatic heterocycles. The smallest absolute Gasteiger partial charge is 0.284 e. The predicted octanol–water partition coefficient (Wildman–Crippen LogP) is 2.98. The lowest BCUT2D eigenvalue weighted by Gasteiger charge is -2.04. The van der Waals surface area contributed by atoms with E-state index in [9.17, 15) is 14.9 Å². The van der Waals surface area contributed by atoms with Crippen molar-refractivity contribution in [1.82, 2.24) is 0 Å². The average molecular weight is 248 g/mol. The van der Waals surface area contributed by atoms with E-state index < -0.39 is 10.7 Å². The van der Waals surface area contributed by atoms with Crippen LogP contribution in [0.2, 0.25) is 5.02 Å². The van der Waals surface area contributed by atoms with Crippen LogP contribution in [0.15, 0.2) is 12.1 Å². The van der Waals surface area contributed by atoms with Crippen molar-refractivity contribution in [2.45, 2.75) is 6.92 Å². The number of hydrogen-bond donors (Lipinski definition) is 0. The van der Waals surface area contributed by atoms with E-state index in [1.807, 2.05) is 0 Å². The van der Waals surface area contributed by atoms with Gasteiger partial charge in [-0.1, -0.05) is 11.6 Å². The molecule has 1 rings (SSSR count). The maximum Gasteiger partial charge on any atom is 0.284 e. The molecular weight excluding hydrogens is 241 g/mol. The van der Waals surface area contributed by atoms with Gasteiger partial charge in [0.15, 0.2) is 5.78 Å². The van der Waals surface area contributed by atoms with Crippen LogP contribution in [0.1, 0.15) is 15.9 Å². The van der Waals surface area contributed by atoms with Gasteiger partial charge in [-0.05, 0) is 19.1 Å². The van der Waals surface area contributed by atoms with Crippen LogP contribution in [0.4, 0.5) is 5.69 Å². The summed E-state index contributed by atoms with van der Waals surface area (Å²) < 4.78 is 0. The summed E-state index contributed by atoms with van der Waals surface area (Å²) in [5, 5.41) is 11.0. The van der Waals surface area contributed by atoms with Crippen LogP contribution in [0.3, 0.4) is 0 Å². The number of alkyl halides is 1. The Morgan fingerprint density at radius 3 is 2.60 bits per heavy atom. The number of nitrogens with zero attached hydrogens (tertiary/aromatic N) is 1. The van der Waals surface area contributed by atoms with E-state index in [-0.39, 0.29) is 27.7 Å². The first-order chi connectivity index (χ1) is 6.99. The molecule has 4 nitrogen and oxygen atoms in total. The fraction of sp³-hybridized carbons (Fsp3) is 0.222. The highest BCUT2D eigenvalue weighted by Crippen LogP contribution is 2.29. The maximum absolute atomic E-state index is 11.3. The minimum absolute atomic E-state index is 0.00287.